The van der Waals surface area contributed by atoms with Gasteiger partial charge in [0, 0.05) is 0 Å². The average Bonchev–Trinajstić information content (AvgIpc) is 2.25. The predicted octanol–water partition coefficient (Wildman–Crippen LogP) is 1.15. The molecular formula is C11H12N2O2. The predicted molar refractivity (Wildman–Crippen MR) is 56.2 cm³/mol. The summed E-state index contributed by atoms with van der Waals surface area (Å²) in [7, 11) is 0. The number of rotatable bonds is 5. The Labute approximate surface area is 88.4 Å². The second-order valence-electron chi connectivity index (χ2n) is 3.10. The third-order valence-electron chi connectivity index (χ3n) is 2.00. The van der Waals surface area contributed by atoms with Crippen molar-refractivity contribution in [3.05, 3.63) is 47.3 Å². The second-order valence-corrected chi connectivity index (χ2v) is 3.10. The van der Waals surface area contributed by atoms with Crippen LogP contribution >= 0.6 is 0 Å². The lowest BCUT2D eigenvalue weighted by Crippen LogP contribution is -2.38. The fourth-order valence-corrected chi connectivity index (χ4v) is 1.25. The lowest BCUT2D eigenvalue weighted by molar-refractivity contribution is -0.139. The Balaban J connectivity index is 2.60. The summed E-state index contributed by atoms with van der Waals surface area (Å²) in [6.45, 7) is 6.62. The van der Waals surface area contributed by atoms with Gasteiger partial charge in [-0.1, -0.05) is 30.3 Å². The molecule has 0 heterocycles. The fourth-order valence-electron chi connectivity index (χ4n) is 1.25. The van der Waals surface area contributed by atoms with E-state index >= 15 is 0 Å². The van der Waals surface area contributed by atoms with Crippen molar-refractivity contribution < 1.29 is 9.90 Å². The van der Waals surface area contributed by atoms with Gasteiger partial charge in [-0.05, 0) is 12.0 Å². The number of carbonyl (C=O) groups is 1. The number of nitrogens with one attached hydrogen (secondary N) is 1. The maximum Gasteiger partial charge on any atom is 0.321 e. The topological polar surface area (TPSA) is 53.7 Å². The van der Waals surface area contributed by atoms with Gasteiger partial charge < -0.3 is 5.11 Å². The SMILES string of the molecule is [C-]#[N+]CN[C@@H](Cc1ccccc1)C(=O)O. The van der Waals surface area contributed by atoms with Crippen LogP contribution in [0.3, 0.4) is 0 Å². The first-order chi connectivity index (χ1) is 7.24. The molecule has 4 heteroatoms. The van der Waals surface area contributed by atoms with Crippen LogP contribution in [-0.4, -0.2) is 23.8 Å². The van der Waals surface area contributed by atoms with Gasteiger partial charge in [0.05, 0.1) is 0 Å². The highest BCUT2D eigenvalue weighted by atomic mass is 16.4. The molecule has 0 amide bonds. The Kier molecular flexibility index (Phi) is 4.32. The third kappa shape index (κ3) is 3.79. The van der Waals surface area contributed by atoms with Crippen molar-refractivity contribution in [2.75, 3.05) is 6.67 Å². The molecule has 0 fully saturated rings. The van der Waals surface area contributed by atoms with E-state index in [1.165, 1.54) is 0 Å². The van der Waals surface area contributed by atoms with E-state index in [2.05, 4.69) is 10.2 Å². The monoisotopic (exact) mass is 204 g/mol. The van der Waals surface area contributed by atoms with Crippen molar-refractivity contribution in [1.29, 1.82) is 0 Å². The van der Waals surface area contributed by atoms with Crippen LogP contribution in [-0.2, 0) is 11.2 Å². The van der Waals surface area contributed by atoms with Gasteiger partial charge >= 0.3 is 5.97 Å². The highest BCUT2D eigenvalue weighted by molar-refractivity contribution is 5.73. The van der Waals surface area contributed by atoms with Gasteiger partial charge in [-0.3, -0.25) is 9.64 Å². The summed E-state index contributed by atoms with van der Waals surface area (Å²) in [4.78, 5) is 13.9. The van der Waals surface area contributed by atoms with Crippen molar-refractivity contribution >= 4 is 5.97 Å². The minimum Gasteiger partial charge on any atom is -0.480 e. The quantitative estimate of drug-likeness (QED) is 0.707. The fraction of sp³-hybridized carbons (Fsp3) is 0.273. The first-order valence-corrected chi connectivity index (χ1v) is 4.57. The van der Waals surface area contributed by atoms with E-state index in [-0.39, 0.29) is 6.67 Å². The average molecular weight is 204 g/mol. The maximum atomic E-state index is 10.8. The van der Waals surface area contributed by atoms with E-state index < -0.39 is 12.0 Å². The molecule has 1 rings (SSSR count). The molecule has 0 saturated heterocycles. The van der Waals surface area contributed by atoms with Gasteiger partial charge in [-0.2, -0.15) is 0 Å². The highest BCUT2D eigenvalue weighted by Crippen LogP contribution is 2.03. The van der Waals surface area contributed by atoms with Crippen molar-refractivity contribution in [2.24, 2.45) is 0 Å². The first-order valence-electron chi connectivity index (χ1n) is 4.57. The molecule has 0 saturated carbocycles. The standard InChI is InChI=1S/C11H12N2O2/c1-12-8-13-10(11(14)15)7-9-5-3-2-4-6-9/h2-6,10,13H,7-8H2,(H,14,15)/t10-/m0/s1. The molecule has 1 atom stereocenters. The molecule has 4 nitrogen and oxygen atoms in total. The summed E-state index contributed by atoms with van der Waals surface area (Å²) in [5, 5.41) is 11.6. The zero-order chi connectivity index (χ0) is 11.1. The molecule has 0 bridgehead atoms. The van der Waals surface area contributed by atoms with Crippen molar-refractivity contribution in [3.8, 4) is 0 Å². The van der Waals surface area contributed by atoms with Crippen LogP contribution in [0.1, 0.15) is 5.56 Å². The summed E-state index contributed by atoms with van der Waals surface area (Å²) in [6.07, 6.45) is 0.395. The Bertz CT molecular complexity index is 357. The lowest BCUT2D eigenvalue weighted by Gasteiger charge is -2.10. The summed E-state index contributed by atoms with van der Waals surface area (Å²) >= 11 is 0. The molecule has 0 aliphatic heterocycles. The van der Waals surface area contributed by atoms with Gasteiger partial charge in [0.1, 0.15) is 6.04 Å². The highest BCUT2D eigenvalue weighted by Gasteiger charge is 2.17. The molecule has 0 aliphatic carbocycles. The molecule has 15 heavy (non-hydrogen) atoms. The lowest BCUT2D eigenvalue weighted by atomic mass is 10.1. The van der Waals surface area contributed by atoms with Crippen LogP contribution < -0.4 is 5.32 Å². The van der Waals surface area contributed by atoms with E-state index in [1.807, 2.05) is 30.3 Å². The Hall–Kier alpha value is -1.86. The molecule has 0 aliphatic rings. The molecule has 0 spiro atoms. The van der Waals surface area contributed by atoms with Crippen molar-refractivity contribution in [2.45, 2.75) is 12.5 Å². The van der Waals surface area contributed by atoms with Gasteiger partial charge in [0.15, 0.2) is 0 Å². The molecule has 1 aromatic carbocycles. The van der Waals surface area contributed by atoms with Crippen LogP contribution in [0.5, 0.6) is 0 Å². The largest absolute Gasteiger partial charge is 0.480 e. The summed E-state index contributed by atoms with van der Waals surface area (Å²) in [5.74, 6) is -0.928. The molecular weight excluding hydrogens is 192 g/mol. The molecule has 0 radical (unpaired) electrons. The van der Waals surface area contributed by atoms with Gasteiger partial charge in [-0.25, -0.2) is 11.9 Å². The van der Waals surface area contributed by atoms with Gasteiger partial charge in [0.25, 0.3) is 6.67 Å². The van der Waals surface area contributed by atoms with Crippen LogP contribution in [0.25, 0.3) is 4.85 Å². The molecule has 0 unspecified atom stereocenters. The van der Waals surface area contributed by atoms with E-state index in [0.29, 0.717) is 6.42 Å². The van der Waals surface area contributed by atoms with Gasteiger partial charge in [0.2, 0.25) is 0 Å². The van der Waals surface area contributed by atoms with E-state index in [1.54, 1.807) is 0 Å². The van der Waals surface area contributed by atoms with Crippen LogP contribution in [0, 0.1) is 6.57 Å². The number of benzene rings is 1. The minimum atomic E-state index is -0.928. The normalized spacial score (nSPS) is 11.7. The summed E-state index contributed by atoms with van der Waals surface area (Å²) < 4.78 is 0. The zero-order valence-corrected chi connectivity index (χ0v) is 8.18. The van der Waals surface area contributed by atoms with Gasteiger partial charge in [-0.15, -0.1) is 0 Å². The van der Waals surface area contributed by atoms with Crippen LogP contribution in [0.15, 0.2) is 30.3 Å². The minimum absolute atomic E-state index is 0.0315. The molecule has 0 aromatic heterocycles. The number of hydrogen-bond acceptors (Lipinski definition) is 2. The number of nitrogens with zero attached hydrogens (tertiary/aromatic N) is 1. The number of carboxylic acids is 1. The molecule has 1 aromatic rings. The number of aliphatic carboxylic acids is 1. The Morgan fingerprint density at radius 3 is 2.67 bits per heavy atom. The maximum absolute atomic E-state index is 10.8. The van der Waals surface area contributed by atoms with Crippen LogP contribution in [0.4, 0.5) is 0 Å². The Morgan fingerprint density at radius 1 is 1.47 bits per heavy atom. The second kappa shape index (κ2) is 5.78. The smallest absolute Gasteiger partial charge is 0.321 e. The van der Waals surface area contributed by atoms with Crippen LogP contribution in [0.2, 0.25) is 0 Å². The molecule has 2 N–H and O–H groups in total. The van der Waals surface area contributed by atoms with Crippen molar-refractivity contribution in [1.82, 2.24) is 5.32 Å². The number of hydrogen-bond donors (Lipinski definition) is 2. The zero-order valence-electron chi connectivity index (χ0n) is 8.18. The van der Waals surface area contributed by atoms with E-state index in [9.17, 15) is 4.79 Å². The van der Waals surface area contributed by atoms with E-state index in [0.717, 1.165) is 5.56 Å². The van der Waals surface area contributed by atoms with Crippen molar-refractivity contribution in [3.63, 3.8) is 0 Å². The Morgan fingerprint density at radius 2 is 2.13 bits per heavy atom. The van der Waals surface area contributed by atoms with E-state index in [4.69, 9.17) is 11.7 Å². The molecule has 78 valence electrons. The summed E-state index contributed by atoms with van der Waals surface area (Å²) in [5.41, 5.74) is 0.947. The summed E-state index contributed by atoms with van der Waals surface area (Å²) in [6, 6.07) is 8.66. The third-order valence-corrected chi connectivity index (χ3v) is 2.00. The first kappa shape index (κ1) is 11.2. The number of carboxylic acid groups (broad SMARTS) is 1.